The van der Waals surface area contributed by atoms with Gasteiger partial charge in [0.2, 0.25) is 0 Å². The van der Waals surface area contributed by atoms with Crippen LogP contribution >= 0.6 is 0 Å². The van der Waals surface area contributed by atoms with Gasteiger partial charge in [-0.1, -0.05) is 111 Å². The fraction of sp³-hybridized carbons (Fsp3) is 0.200. The monoisotopic (exact) mass is 608 g/mol. The molecule has 0 aliphatic heterocycles. The SMILES string of the molecule is CC1(c2ccc(N(c3ccccc3)c3ccc(-c4ccc(-n5c6ccccc6c6ccccc65)cc4)cc3)cc2)C[C@@H]2CC[C@H](C2)C1. The molecule has 2 saturated carbocycles. The molecule has 0 saturated heterocycles. The molecule has 2 fully saturated rings. The standard InChI is InChI=1S/C45H40N2/c1-45(30-32-15-16-33(29-32)31-45)36-21-27-39(28-22-36)46(37-9-3-2-4-10-37)38-23-17-34(18-24-38)35-19-25-40(26-20-35)47-43-13-7-5-11-41(43)42-12-6-8-14-44(42)47/h2-14,17-28,32-33H,15-16,29-31H2,1H3/t32-,33-/m1/s1. The Morgan fingerprint density at radius 3 is 1.55 bits per heavy atom. The number of aromatic nitrogens is 1. The first-order valence-electron chi connectivity index (χ1n) is 17.3. The minimum atomic E-state index is 0.304. The summed E-state index contributed by atoms with van der Waals surface area (Å²) in [5.41, 5.74) is 11.4. The highest BCUT2D eigenvalue weighted by Crippen LogP contribution is 2.52. The maximum absolute atomic E-state index is 2.51. The second kappa shape index (κ2) is 11.3. The van der Waals surface area contributed by atoms with Gasteiger partial charge in [-0.25, -0.2) is 0 Å². The van der Waals surface area contributed by atoms with Crippen molar-refractivity contribution in [2.75, 3.05) is 4.90 Å². The van der Waals surface area contributed by atoms with Gasteiger partial charge in [0, 0.05) is 33.5 Å². The van der Waals surface area contributed by atoms with Crippen LogP contribution in [0, 0.1) is 11.8 Å². The van der Waals surface area contributed by atoms with Crippen molar-refractivity contribution in [3.8, 4) is 16.8 Å². The molecule has 2 aliphatic carbocycles. The highest BCUT2D eigenvalue weighted by molar-refractivity contribution is 6.09. The fourth-order valence-corrected chi connectivity index (χ4v) is 8.99. The first-order valence-corrected chi connectivity index (χ1v) is 17.3. The van der Waals surface area contributed by atoms with E-state index in [4.69, 9.17) is 0 Å². The number of benzene rings is 6. The van der Waals surface area contributed by atoms with E-state index >= 15 is 0 Å². The molecule has 9 rings (SSSR count). The Labute approximate surface area is 277 Å². The van der Waals surface area contributed by atoms with Crippen molar-refractivity contribution >= 4 is 38.9 Å². The van der Waals surface area contributed by atoms with E-state index in [1.54, 1.807) is 0 Å². The molecular formula is C45H40N2. The lowest BCUT2D eigenvalue weighted by Crippen LogP contribution is -2.30. The summed E-state index contributed by atoms with van der Waals surface area (Å²) in [6, 6.07) is 55.7. The normalized spacial score (nSPS) is 20.5. The van der Waals surface area contributed by atoms with Crippen LogP contribution in [0.4, 0.5) is 17.1 Å². The average molecular weight is 609 g/mol. The third-order valence-corrected chi connectivity index (χ3v) is 11.1. The topological polar surface area (TPSA) is 8.17 Å². The number of hydrogen-bond donors (Lipinski definition) is 0. The molecule has 230 valence electrons. The molecule has 2 bridgehead atoms. The highest BCUT2D eigenvalue weighted by Gasteiger charge is 2.41. The molecule has 6 aromatic carbocycles. The molecule has 7 aromatic rings. The van der Waals surface area contributed by atoms with E-state index in [0.717, 1.165) is 17.5 Å². The molecule has 0 spiro atoms. The Morgan fingerprint density at radius 1 is 0.511 bits per heavy atom. The van der Waals surface area contributed by atoms with Gasteiger partial charge in [0.15, 0.2) is 0 Å². The van der Waals surface area contributed by atoms with E-state index in [0.29, 0.717) is 5.41 Å². The Bertz CT molecular complexity index is 2110. The van der Waals surface area contributed by atoms with E-state index in [1.807, 2.05) is 0 Å². The van der Waals surface area contributed by atoms with Gasteiger partial charge in [0.05, 0.1) is 11.0 Å². The zero-order chi connectivity index (χ0) is 31.4. The van der Waals surface area contributed by atoms with Gasteiger partial charge in [-0.15, -0.1) is 0 Å². The molecule has 2 heteroatoms. The third kappa shape index (κ3) is 4.95. The summed E-state index contributed by atoms with van der Waals surface area (Å²) in [5.74, 6) is 1.84. The Hall–Kier alpha value is -5.08. The predicted molar refractivity (Wildman–Crippen MR) is 198 cm³/mol. The Morgan fingerprint density at radius 2 is 0.979 bits per heavy atom. The summed E-state index contributed by atoms with van der Waals surface area (Å²) in [5, 5.41) is 2.57. The van der Waals surface area contributed by atoms with Crippen molar-refractivity contribution in [1.29, 1.82) is 0 Å². The molecule has 2 nitrogen and oxygen atoms in total. The van der Waals surface area contributed by atoms with Crippen LogP contribution in [0.5, 0.6) is 0 Å². The molecular weight excluding hydrogens is 569 g/mol. The number of para-hydroxylation sites is 3. The molecule has 0 amide bonds. The first kappa shape index (κ1) is 28.2. The van der Waals surface area contributed by atoms with Crippen LogP contribution in [0.15, 0.2) is 152 Å². The fourth-order valence-electron chi connectivity index (χ4n) is 8.99. The minimum absolute atomic E-state index is 0.304. The van der Waals surface area contributed by atoms with Crippen LogP contribution in [0.25, 0.3) is 38.6 Å². The van der Waals surface area contributed by atoms with Gasteiger partial charge in [-0.2, -0.15) is 0 Å². The first-order chi connectivity index (χ1) is 23.1. The summed E-state index contributed by atoms with van der Waals surface area (Å²) < 4.78 is 2.37. The molecule has 0 N–H and O–H groups in total. The maximum atomic E-state index is 2.51. The van der Waals surface area contributed by atoms with Crippen LogP contribution < -0.4 is 4.90 Å². The van der Waals surface area contributed by atoms with Crippen LogP contribution in [0.2, 0.25) is 0 Å². The molecule has 47 heavy (non-hydrogen) atoms. The van der Waals surface area contributed by atoms with Gasteiger partial charge in [-0.3, -0.25) is 0 Å². The molecule has 0 unspecified atom stereocenters. The Kier molecular flexibility index (Phi) is 6.78. The van der Waals surface area contributed by atoms with Gasteiger partial charge < -0.3 is 9.47 Å². The second-order valence-electron chi connectivity index (χ2n) is 14.2. The van der Waals surface area contributed by atoms with Gasteiger partial charge in [0.25, 0.3) is 0 Å². The summed E-state index contributed by atoms with van der Waals surface area (Å²) >= 11 is 0. The minimum Gasteiger partial charge on any atom is -0.311 e. The second-order valence-corrected chi connectivity index (χ2v) is 14.2. The number of fused-ring (bicyclic) bond motifs is 5. The molecule has 2 aliphatic rings. The zero-order valence-electron chi connectivity index (χ0n) is 27.0. The smallest absolute Gasteiger partial charge is 0.0541 e. The van der Waals surface area contributed by atoms with Crippen LogP contribution in [-0.4, -0.2) is 4.57 Å². The van der Waals surface area contributed by atoms with Crippen molar-refractivity contribution in [3.05, 3.63) is 157 Å². The lowest BCUT2D eigenvalue weighted by Gasteiger charge is -2.38. The molecule has 1 heterocycles. The van der Waals surface area contributed by atoms with Gasteiger partial charge in [-0.05, 0) is 114 Å². The van der Waals surface area contributed by atoms with Crippen molar-refractivity contribution in [1.82, 2.24) is 4.57 Å². The highest BCUT2D eigenvalue weighted by atomic mass is 15.1. The zero-order valence-corrected chi connectivity index (χ0v) is 27.0. The maximum Gasteiger partial charge on any atom is 0.0541 e. The summed E-state index contributed by atoms with van der Waals surface area (Å²) in [6.45, 7) is 2.51. The van der Waals surface area contributed by atoms with Crippen LogP contribution in [-0.2, 0) is 5.41 Å². The van der Waals surface area contributed by atoms with Crippen molar-refractivity contribution in [2.24, 2.45) is 11.8 Å². The summed E-state index contributed by atoms with van der Waals surface area (Å²) in [6.07, 6.45) is 7.00. The van der Waals surface area contributed by atoms with Gasteiger partial charge in [0.1, 0.15) is 0 Å². The number of rotatable bonds is 6. The van der Waals surface area contributed by atoms with E-state index in [9.17, 15) is 0 Å². The number of nitrogens with zero attached hydrogens (tertiary/aromatic N) is 2. The quantitative estimate of drug-likeness (QED) is 0.182. The number of hydrogen-bond acceptors (Lipinski definition) is 1. The van der Waals surface area contributed by atoms with Crippen molar-refractivity contribution in [3.63, 3.8) is 0 Å². The lowest BCUT2D eigenvalue weighted by atomic mass is 9.66. The number of anilines is 3. The molecule has 0 radical (unpaired) electrons. The predicted octanol–water partition coefficient (Wildman–Crippen LogP) is 12.4. The Balaban J connectivity index is 1.02. The van der Waals surface area contributed by atoms with Crippen molar-refractivity contribution in [2.45, 2.75) is 44.4 Å². The third-order valence-electron chi connectivity index (χ3n) is 11.1. The van der Waals surface area contributed by atoms with Gasteiger partial charge >= 0.3 is 0 Å². The molecule has 1 aromatic heterocycles. The lowest BCUT2D eigenvalue weighted by molar-refractivity contribution is 0.232. The van der Waals surface area contributed by atoms with Crippen LogP contribution in [0.1, 0.15) is 44.6 Å². The summed E-state index contributed by atoms with van der Waals surface area (Å²) in [7, 11) is 0. The van der Waals surface area contributed by atoms with Crippen LogP contribution in [0.3, 0.4) is 0 Å². The van der Waals surface area contributed by atoms with E-state index in [2.05, 4.69) is 168 Å². The van der Waals surface area contributed by atoms with E-state index in [1.165, 1.54) is 87.7 Å². The van der Waals surface area contributed by atoms with E-state index in [-0.39, 0.29) is 0 Å². The largest absolute Gasteiger partial charge is 0.311 e. The molecule has 2 atom stereocenters. The van der Waals surface area contributed by atoms with Crippen molar-refractivity contribution < 1.29 is 0 Å². The summed E-state index contributed by atoms with van der Waals surface area (Å²) in [4.78, 5) is 2.38. The average Bonchev–Trinajstić information content (AvgIpc) is 3.66. The van der Waals surface area contributed by atoms with E-state index < -0.39 is 0 Å².